The van der Waals surface area contributed by atoms with Crippen molar-refractivity contribution in [3.05, 3.63) is 144 Å². The Bertz CT molecular complexity index is 2800. The number of ether oxygens (including phenoxy) is 2. The Morgan fingerprint density at radius 2 is 1.29 bits per heavy atom. The summed E-state index contributed by atoms with van der Waals surface area (Å²) in [6.45, 7) is 0.284. The minimum absolute atomic E-state index is 0.0195. The topological polar surface area (TPSA) is 193 Å². The highest BCUT2D eigenvalue weighted by Gasteiger charge is 2.27. The second kappa shape index (κ2) is 17.7. The maximum atomic E-state index is 14.0. The van der Waals surface area contributed by atoms with Crippen LogP contribution in [0.4, 0.5) is 4.39 Å². The van der Waals surface area contributed by atoms with Crippen molar-refractivity contribution in [2.45, 2.75) is 4.21 Å². The summed E-state index contributed by atoms with van der Waals surface area (Å²) >= 11 is 0.855. The molecule has 2 amide bonds. The molecule has 0 saturated carbocycles. The third-order valence-electron chi connectivity index (χ3n) is 8.90. The highest BCUT2D eigenvalue weighted by atomic mass is 32.2. The normalized spacial score (nSPS) is 12.4. The molecule has 17 heteroatoms. The number of benzene rings is 6. The van der Waals surface area contributed by atoms with E-state index in [0.29, 0.717) is 21.2 Å². The molecule has 0 aliphatic heterocycles. The van der Waals surface area contributed by atoms with E-state index in [2.05, 4.69) is 15.4 Å². The zero-order chi connectivity index (χ0) is 41.6. The number of carbonyl (C=O) groups excluding carboxylic acids is 2. The Hall–Kier alpha value is -6.34. The van der Waals surface area contributed by atoms with Crippen LogP contribution in [0.25, 0.3) is 31.6 Å². The molecule has 0 radical (unpaired) electrons. The van der Waals surface area contributed by atoms with Crippen LogP contribution in [0.5, 0.6) is 17.2 Å². The van der Waals surface area contributed by atoms with Crippen LogP contribution in [0.1, 0.15) is 26.3 Å². The van der Waals surface area contributed by atoms with Crippen molar-refractivity contribution >= 4 is 72.4 Å². The van der Waals surface area contributed by atoms with Crippen molar-refractivity contribution in [2.24, 2.45) is 0 Å². The van der Waals surface area contributed by atoms with E-state index in [0.717, 1.165) is 51.1 Å². The zero-order valence-corrected chi connectivity index (χ0v) is 33.4. The van der Waals surface area contributed by atoms with E-state index < -0.39 is 29.7 Å². The molecule has 1 aromatic heterocycles. The van der Waals surface area contributed by atoms with Gasteiger partial charge in [0.25, 0.3) is 21.8 Å². The second-order valence-corrected chi connectivity index (χ2v) is 17.9. The molecule has 0 bridgehead atoms. The summed E-state index contributed by atoms with van der Waals surface area (Å²) in [7, 11) is -9.04. The molecule has 1 unspecified atom stereocenters. The lowest BCUT2D eigenvalue weighted by molar-refractivity contribution is 0.0937. The first-order chi connectivity index (χ1) is 28.4. The summed E-state index contributed by atoms with van der Waals surface area (Å²) in [5.74, 6) is -1.46. The van der Waals surface area contributed by atoms with Gasteiger partial charge in [-0.2, -0.15) is 9.98 Å². The van der Waals surface area contributed by atoms with Crippen molar-refractivity contribution in [1.82, 2.24) is 15.4 Å². The SMILES string of the molecule is N#Cc1ccc(OP(=O)(O)CNS(=O)(=O)c2cc3cc(OCCNC(=O)c4ccc5ccccc5c4)c(OCCNC(=O)c4ccc5ccccc5c4)cc3s2)cc1F. The number of nitrogens with one attached hydrogen (secondary N) is 3. The molecule has 7 aromatic rings. The summed E-state index contributed by atoms with van der Waals surface area (Å²) in [6, 6.07) is 35.2. The van der Waals surface area contributed by atoms with Crippen LogP contribution in [-0.2, 0) is 14.6 Å². The first-order valence-electron chi connectivity index (χ1n) is 18.0. The number of rotatable bonds is 16. The maximum Gasteiger partial charge on any atom is 0.391 e. The van der Waals surface area contributed by atoms with Crippen LogP contribution in [0, 0.1) is 17.1 Å². The Balaban J connectivity index is 1.03. The van der Waals surface area contributed by atoms with E-state index in [9.17, 15) is 31.9 Å². The van der Waals surface area contributed by atoms with Gasteiger partial charge < -0.3 is 29.5 Å². The molecule has 1 atom stereocenters. The van der Waals surface area contributed by atoms with Crippen LogP contribution in [0.3, 0.4) is 0 Å². The van der Waals surface area contributed by atoms with E-state index in [-0.39, 0.29) is 65.1 Å². The standard InChI is InChI=1S/C42H34FN4O9PS2/c43-36-23-35(14-13-33(36)25-44)56-57(50,51)26-47-59(52,53)40-22-34-21-37(54-17-15-45-41(48)31-11-9-27-5-1-3-7-29(27)19-31)38(24-39(34)58-40)55-18-16-46-42(49)32-12-10-28-6-2-4-8-30(28)20-32/h1-14,19-24,47H,15-18,26H2,(H,45,48)(H,46,49)(H,50,51). The van der Waals surface area contributed by atoms with Gasteiger partial charge in [-0.3, -0.25) is 9.59 Å². The van der Waals surface area contributed by atoms with Crippen LogP contribution < -0.4 is 29.4 Å². The van der Waals surface area contributed by atoms with Crippen molar-refractivity contribution in [1.29, 1.82) is 5.26 Å². The van der Waals surface area contributed by atoms with Gasteiger partial charge >= 0.3 is 7.60 Å². The number of sulfonamides is 1. The molecule has 0 saturated heterocycles. The van der Waals surface area contributed by atoms with Crippen molar-refractivity contribution in [3.63, 3.8) is 0 Å². The summed E-state index contributed by atoms with van der Waals surface area (Å²) < 4.78 is 72.7. The van der Waals surface area contributed by atoms with Gasteiger partial charge in [-0.05, 0) is 75.5 Å². The minimum atomic E-state index is -4.67. The number of amides is 2. The van der Waals surface area contributed by atoms with Crippen LogP contribution in [0.2, 0.25) is 0 Å². The van der Waals surface area contributed by atoms with Crippen LogP contribution >= 0.6 is 18.9 Å². The molecule has 1 heterocycles. The fourth-order valence-corrected chi connectivity index (χ4v) is 9.93. The molecule has 7 rings (SSSR count). The fourth-order valence-electron chi connectivity index (χ4n) is 5.98. The summed E-state index contributed by atoms with van der Waals surface area (Å²) in [5, 5.41) is 18.9. The van der Waals surface area contributed by atoms with E-state index in [1.165, 1.54) is 6.07 Å². The number of halogens is 1. The average molecular weight is 853 g/mol. The highest BCUT2D eigenvalue weighted by molar-refractivity contribution is 7.92. The molecule has 300 valence electrons. The van der Waals surface area contributed by atoms with Crippen molar-refractivity contribution in [2.75, 3.05) is 32.6 Å². The fraction of sp³-hybridized carbons (Fsp3) is 0.119. The Morgan fingerprint density at radius 1 is 0.729 bits per heavy atom. The number of hydrogen-bond donors (Lipinski definition) is 4. The second-order valence-electron chi connectivity index (χ2n) is 13.0. The van der Waals surface area contributed by atoms with E-state index in [1.54, 1.807) is 42.5 Å². The van der Waals surface area contributed by atoms with E-state index >= 15 is 0 Å². The first-order valence-corrected chi connectivity index (χ1v) is 22.0. The number of nitriles is 1. The summed E-state index contributed by atoms with van der Waals surface area (Å²) in [4.78, 5) is 36.2. The van der Waals surface area contributed by atoms with E-state index in [1.807, 2.05) is 60.7 Å². The predicted molar refractivity (Wildman–Crippen MR) is 222 cm³/mol. The third kappa shape index (κ3) is 10.0. The number of fused-ring (bicyclic) bond motifs is 3. The number of thiophene rings is 1. The van der Waals surface area contributed by atoms with Gasteiger partial charge in [0, 0.05) is 28.0 Å². The summed E-state index contributed by atoms with van der Waals surface area (Å²) in [6.07, 6.45) is -1.04. The molecule has 59 heavy (non-hydrogen) atoms. The smallest absolute Gasteiger partial charge is 0.391 e. The molecule has 0 aliphatic rings. The average Bonchev–Trinajstić information content (AvgIpc) is 3.66. The Labute approximate surface area is 341 Å². The molecule has 6 aromatic carbocycles. The molecule has 0 spiro atoms. The lowest BCUT2D eigenvalue weighted by Crippen LogP contribution is -2.28. The lowest BCUT2D eigenvalue weighted by Gasteiger charge is -2.14. The van der Waals surface area contributed by atoms with Gasteiger partial charge in [-0.1, -0.05) is 60.7 Å². The van der Waals surface area contributed by atoms with Crippen molar-refractivity contribution < 1.29 is 45.9 Å². The van der Waals surface area contributed by atoms with Gasteiger partial charge in [0.2, 0.25) is 0 Å². The Kier molecular flexibility index (Phi) is 12.2. The van der Waals surface area contributed by atoms with Crippen LogP contribution in [-0.4, -0.2) is 57.7 Å². The number of hydrogen-bond acceptors (Lipinski definition) is 10. The van der Waals surface area contributed by atoms with Crippen molar-refractivity contribution in [3.8, 4) is 23.3 Å². The zero-order valence-electron chi connectivity index (χ0n) is 30.9. The third-order valence-corrected chi connectivity index (χ3v) is 13.1. The predicted octanol–water partition coefficient (Wildman–Crippen LogP) is 7.34. The lowest BCUT2D eigenvalue weighted by atomic mass is 10.1. The maximum absolute atomic E-state index is 14.0. The van der Waals surface area contributed by atoms with Gasteiger partial charge in [0.15, 0.2) is 11.5 Å². The van der Waals surface area contributed by atoms with Gasteiger partial charge in [0.05, 0.1) is 18.7 Å². The summed E-state index contributed by atoms with van der Waals surface area (Å²) in [5.41, 5.74) is 0.658. The first kappa shape index (κ1) is 40.8. The molecular formula is C42H34FN4O9PS2. The van der Waals surface area contributed by atoms with Gasteiger partial charge in [-0.15, -0.1) is 11.3 Å². The highest BCUT2D eigenvalue weighted by Crippen LogP contribution is 2.43. The van der Waals surface area contributed by atoms with E-state index in [4.69, 9.17) is 19.3 Å². The van der Waals surface area contributed by atoms with Gasteiger partial charge in [-0.25, -0.2) is 17.4 Å². The molecule has 13 nitrogen and oxygen atoms in total. The van der Waals surface area contributed by atoms with Crippen LogP contribution in [0.15, 0.2) is 126 Å². The largest absolute Gasteiger partial charge is 0.488 e. The number of carbonyl (C=O) groups is 2. The minimum Gasteiger partial charge on any atom is -0.488 e. The van der Waals surface area contributed by atoms with Gasteiger partial charge in [0.1, 0.15) is 41.3 Å². The quantitative estimate of drug-likeness (QED) is 0.0565. The molecule has 0 fully saturated rings. The monoisotopic (exact) mass is 852 g/mol. The number of nitrogens with zero attached hydrogens (tertiary/aromatic N) is 1. The molecule has 0 aliphatic carbocycles. The molecular weight excluding hydrogens is 819 g/mol. The molecule has 4 N–H and O–H groups in total. The Morgan fingerprint density at radius 3 is 1.85 bits per heavy atom.